The first kappa shape index (κ1) is 9.22. The number of hydrazine groups is 1. The number of rotatable bonds is 4. The first-order valence-corrected chi connectivity index (χ1v) is 3.08. The van der Waals surface area contributed by atoms with E-state index < -0.39 is 0 Å². The Morgan fingerprint density at radius 1 is 1.40 bits per heavy atom. The Hall–Kier alpha value is -0.780. The molecule has 0 aliphatic carbocycles. The normalized spacial score (nSPS) is 11.7. The van der Waals surface area contributed by atoms with E-state index in [1.807, 2.05) is 0 Å². The Labute approximate surface area is 60.6 Å². The third-order valence-electron chi connectivity index (χ3n) is 0.955. The molecule has 10 heavy (non-hydrogen) atoms. The van der Waals surface area contributed by atoms with Crippen LogP contribution in [0, 0.1) is 0 Å². The van der Waals surface area contributed by atoms with Gasteiger partial charge in [0.05, 0.1) is 0 Å². The maximum Gasteiger partial charge on any atom is 0.0458 e. The van der Waals surface area contributed by atoms with Gasteiger partial charge in [-0.1, -0.05) is 0 Å². The third kappa shape index (κ3) is 4.13. The van der Waals surface area contributed by atoms with Crippen LogP contribution in [0.3, 0.4) is 0 Å². The largest absolute Gasteiger partial charge is 0.400 e. The van der Waals surface area contributed by atoms with E-state index in [1.165, 1.54) is 5.01 Å². The van der Waals surface area contributed by atoms with Crippen molar-refractivity contribution in [2.24, 2.45) is 23.0 Å². The minimum Gasteiger partial charge on any atom is -0.400 e. The van der Waals surface area contributed by atoms with E-state index in [-0.39, 0.29) is 0 Å². The topological polar surface area (TPSA) is 107 Å². The fourth-order valence-electron chi connectivity index (χ4n) is 0.479. The van der Waals surface area contributed by atoms with Gasteiger partial charge in [-0.25, -0.2) is 5.84 Å². The van der Waals surface area contributed by atoms with E-state index in [4.69, 9.17) is 23.0 Å². The van der Waals surface area contributed by atoms with E-state index >= 15 is 0 Å². The van der Waals surface area contributed by atoms with Gasteiger partial charge >= 0.3 is 0 Å². The van der Waals surface area contributed by atoms with Crippen molar-refractivity contribution in [3.8, 4) is 0 Å². The highest BCUT2D eigenvalue weighted by atomic mass is 15.4. The molecule has 60 valence electrons. The summed E-state index contributed by atoms with van der Waals surface area (Å²) < 4.78 is 0. The molecule has 0 aliphatic heterocycles. The van der Waals surface area contributed by atoms with Crippen LogP contribution in [-0.4, -0.2) is 24.6 Å². The molecule has 0 aromatic rings. The van der Waals surface area contributed by atoms with E-state index in [0.29, 0.717) is 25.3 Å². The average Bonchev–Trinajstić information content (AvgIpc) is 1.88. The van der Waals surface area contributed by atoms with Gasteiger partial charge in [0.15, 0.2) is 0 Å². The van der Waals surface area contributed by atoms with Crippen LogP contribution < -0.4 is 23.0 Å². The fraction of sp³-hybridized carbons (Fsp3) is 0.600. The second-order valence-corrected chi connectivity index (χ2v) is 1.93. The van der Waals surface area contributed by atoms with Gasteiger partial charge in [0.1, 0.15) is 0 Å². The van der Waals surface area contributed by atoms with Crippen LogP contribution in [0.2, 0.25) is 0 Å². The first-order valence-electron chi connectivity index (χ1n) is 3.08. The SMILES string of the molecule is NCCN(N)/C=C(\N)CN. The predicted octanol–water partition coefficient (Wildman–Crippen LogP) is -2.12. The number of hydrogen-bond acceptors (Lipinski definition) is 5. The van der Waals surface area contributed by atoms with Gasteiger partial charge in [0.25, 0.3) is 0 Å². The highest BCUT2D eigenvalue weighted by Crippen LogP contribution is 1.81. The molecule has 8 N–H and O–H groups in total. The lowest BCUT2D eigenvalue weighted by atomic mass is 10.5. The molecule has 0 aliphatic rings. The lowest BCUT2D eigenvalue weighted by molar-refractivity contribution is 0.400. The van der Waals surface area contributed by atoms with Gasteiger partial charge in [0.2, 0.25) is 0 Å². The van der Waals surface area contributed by atoms with Gasteiger partial charge in [0, 0.05) is 31.5 Å². The van der Waals surface area contributed by atoms with Crippen LogP contribution in [0.15, 0.2) is 11.9 Å². The Kier molecular flexibility index (Phi) is 4.65. The summed E-state index contributed by atoms with van der Waals surface area (Å²) in [5.74, 6) is 5.40. The number of nitrogens with two attached hydrogens (primary N) is 4. The van der Waals surface area contributed by atoms with Crippen molar-refractivity contribution in [3.05, 3.63) is 11.9 Å². The molecule has 0 spiro atoms. The summed E-state index contributed by atoms with van der Waals surface area (Å²) in [7, 11) is 0. The molecule has 0 atom stereocenters. The minimum atomic E-state index is 0.318. The Morgan fingerprint density at radius 3 is 2.40 bits per heavy atom. The maximum absolute atomic E-state index is 5.40. The Bertz CT molecular complexity index is 111. The monoisotopic (exact) mass is 145 g/mol. The summed E-state index contributed by atoms with van der Waals surface area (Å²) in [6.07, 6.45) is 1.58. The summed E-state index contributed by atoms with van der Waals surface area (Å²) in [4.78, 5) is 0. The summed E-state index contributed by atoms with van der Waals surface area (Å²) in [5.41, 5.74) is 16.4. The molecule has 0 amide bonds. The lowest BCUT2D eigenvalue weighted by Gasteiger charge is -2.12. The van der Waals surface area contributed by atoms with Gasteiger partial charge in [-0.15, -0.1) is 0 Å². The van der Waals surface area contributed by atoms with Crippen LogP contribution >= 0.6 is 0 Å². The van der Waals surface area contributed by atoms with E-state index in [0.717, 1.165) is 0 Å². The summed E-state index contributed by atoms with van der Waals surface area (Å²) >= 11 is 0. The van der Waals surface area contributed by atoms with Crippen LogP contribution in [0.4, 0.5) is 0 Å². The highest BCUT2D eigenvalue weighted by molar-refractivity contribution is 4.95. The molecule has 5 heteroatoms. The van der Waals surface area contributed by atoms with Crippen molar-refractivity contribution in [2.45, 2.75) is 0 Å². The first-order chi connectivity index (χ1) is 4.70. The number of hydrogen-bond donors (Lipinski definition) is 4. The fourth-order valence-corrected chi connectivity index (χ4v) is 0.479. The third-order valence-corrected chi connectivity index (χ3v) is 0.955. The molecule has 0 saturated heterocycles. The average molecular weight is 145 g/mol. The molecule has 0 aromatic heterocycles. The van der Waals surface area contributed by atoms with Crippen molar-refractivity contribution in [2.75, 3.05) is 19.6 Å². The van der Waals surface area contributed by atoms with Crippen molar-refractivity contribution in [1.29, 1.82) is 0 Å². The second-order valence-electron chi connectivity index (χ2n) is 1.93. The zero-order valence-electron chi connectivity index (χ0n) is 5.96. The van der Waals surface area contributed by atoms with Gasteiger partial charge in [-0.2, -0.15) is 0 Å². The quantitative estimate of drug-likeness (QED) is 0.267. The molecule has 0 heterocycles. The minimum absolute atomic E-state index is 0.318. The second kappa shape index (κ2) is 5.04. The van der Waals surface area contributed by atoms with Crippen molar-refractivity contribution in [3.63, 3.8) is 0 Å². The van der Waals surface area contributed by atoms with Crippen LogP contribution in [-0.2, 0) is 0 Å². The van der Waals surface area contributed by atoms with Crippen LogP contribution in [0.25, 0.3) is 0 Å². The van der Waals surface area contributed by atoms with Crippen molar-refractivity contribution < 1.29 is 0 Å². The molecule has 0 bridgehead atoms. The summed E-state index contributed by atoms with van der Waals surface area (Å²) in [6, 6.07) is 0. The van der Waals surface area contributed by atoms with E-state index in [1.54, 1.807) is 6.20 Å². The van der Waals surface area contributed by atoms with Crippen LogP contribution in [0.1, 0.15) is 0 Å². The number of nitrogens with zero attached hydrogens (tertiary/aromatic N) is 1. The molecule has 0 unspecified atom stereocenters. The Morgan fingerprint density at radius 2 is 2.00 bits per heavy atom. The molecule has 0 radical (unpaired) electrons. The standard InChI is InChI=1S/C5H15N5/c6-1-2-10(9)4-5(8)3-7/h4H,1-3,6-9H2/b5-4-. The van der Waals surface area contributed by atoms with Crippen molar-refractivity contribution in [1.82, 2.24) is 5.01 Å². The van der Waals surface area contributed by atoms with Gasteiger partial charge in [-0.3, -0.25) is 0 Å². The summed E-state index contributed by atoms with van der Waals surface area (Å²) in [6.45, 7) is 1.41. The molecule has 0 rings (SSSR count). The molecule has 5 nitrogen and oxygen atoms in total. The molecule has 0 saturated carbocycles. The molecule has 0 fully saturated rings. The zero-order chi connectivity index (χ0) is 7.98. The van der Waals surface area contributed by atoms with E-state index in [2.05, 4.69) is 0 Å². The van der Waals surface area contributed by atoms with Crippen molar-refractivity contribution >= 4 is 0 Å². The summed E-state index contributed by atoms with van der Waals surface area (Å²) in [5, 5.41) is 1.42. The molecular formula is C5H15N5. The zero-order valence-corrected chi connectivity index (χ0v) is 5.96. The smallest absolute Gasteiger partial charge is 0.0458 e. The lowest BCUT2D eigenvalue weighted by Crippen LogP contribution is -2.32. The van der Waals surface area contributed by atoms with Gasteiger partial charge < -0.3 is 22.2 Å². The molecule has 0 aromatic carbocycles. The Balaban J connectivity index is 3.62. The van der Waals surface area contributed by atoms with E-state index in [9.17, 15) is 0 Å². The maximum atomic E-state index is 5.40. The predicted molar refractivity (Wildman–Crippen MR) is 41.3 cm³/mol. The highest BCUT2D eigenvalue weighted by Gasteiger charge is 1.90. The molecular weight excluding hydrogens is 130 g/mol. The van der Waals surface area contributed by atoms with Gasteiger partial charge in [-0.05, 0) is 0 Å². The van der Waals surface area contributed by atoms with Crippen LogP contribution in [0.5, 0.6) is 0 Å².